The number of rotatable bonds is 5. The van der Waals surface area contributed by atoms with E-state index in [0.29, 0.717) is 0 Å². The molecule has 0 amide bonds. The topological polar surface area (TPSA) is 18.5 Å². The van der Waals surface area contributed by atoms with Crippen LogP contribution in [-0.4, -0.2) is 28.6 Å². The zero-order valence-electron chi connectivity index (χ0n) is 13.3. The molecule has 0 radical (unpaired) electrons. The van der Waals surface area contributed by atoms with E-state index in [1.807, 2.05) is 0 Å². The first-order valence-corrected chi connectivity index (χ1v) is 12.2. The van der Waals surface area contributed by atoms with Crippen LogP contribution in [0, 0.1) is 0 Å². The Bertz CT molecular complexity index is 227. The third-order valence-electron chi connectivity index (χ3n) is 2.29. The van der Waals surface area contributed by atoms with Crippen LogP contribution < -0.4 is 0 Å². The van der Waals surface area contributed by atoms with Gasteiger partial charge in [0.25, 0.3) is 0 Å². The second-order valence-electron chi connectivity index (χ2n) is 7.55. The number of hydrogen-bond donors (Lipinski definition) is 0. The summed E-state index contributed by atoms with van der Waals surface area (Å²) >= 11 is 0. The van der Waals surface area contributed by atoms with Gasteiger partial charge in [0, 0.05) is 11.2 Å². The predicted octanol–water partition coefficient (Wildman–Crippen LogP) is 4.18. The molecule has 0 aliphatic rings. The summed E-state index contributed by atoms with van der Waals surface area (Å²) in [5.74, 6) is 0. The van der Waals surface area contributed by atoms with Crippen LogP contribution in [0.5, 0.6) is 0 Å². The minimum atomic E-state index is -1.52. The lowest BCUT2D eigenvalue weighted by Gasteiger charge is -2.33. The Morgan fingerprint density at radius 1 is 0.941 bits per heavy atom. The van der Waals surface area contributed by atoms with Crippen LogP contribution in [0.1, 0.15) is 41.5 Å². The molecule has 104 valence electrons. The van der Waals surface area contributed by atoms with Gasteiger partial charge in [0.2, 0.25) is 0 Å². The summed E-state index contributed by atoms with van der Waals surface area (Å²) in [6.07, 6.45) is 0. The van der Waals surface area contributed by atoms with Crippen LogP contribution in [0.15, 0.2) is 0 Å². The second kappa shape index (κ2) is 6.00. The molecule has 0 aromatic carbocycles. The molecule has 4 heteroatoms. The zero-order chi connectivity index (χ0) is 13.9. The van der Waals surface area contributed by atoms with E-state index in [-0.39, 0.29) is 11.2 Å². The van der Waals surface area contributed by atoms with Crippen LogP contribution in [0.4, 0.5) is 0 Å². The fraction of sp³-hybridized carbons (Fsp3) is 1.00. The van der Waals surface area contributed by atoms with Crippen LogP contribution in [0.2, 0.25) is 31.7 Å². The quantitative estimate of drug-likeness (QED) is 0.702. The maximum atomic E-state index is 6.21. The summed E-state index contributed by atoms with van der Waals surface area (Å²) in [7, 11) is -2.56. The van der Waals surface area contributed by atoms with Crippen molar-refractivity contribution in [1.29, 1.82) is 0 Å². The highest BCUT2D eigenvalue weighted by Crippen LogP contribution is 2.23. The summed E-state index contributed by atoms with van der Waals surface area (Å²) in [4.78, 5) is 0. The van der Waals surface area contributed by atoms with Gasteiger partial charge >= 0.3 is 0 Å². The van der Waals surface area contributed by atoms with Crippen LogP contribution >= 0.6 is 0 Å². The van der Waals surface area contributed by atoms with E-state index in [2.05, 4.69) is 61.2 Å². The normalized spacial score (nSPS) is 16.1. The number of hydrogen-bond acceptors (Lipinski definition) is 2. The van der Waals surface area contributed by atoms with Crippen LogP contribution in [0.25, 0.3) is 0 Å². The molecule has 0 aliphatic carbocycles. The van der Waals surface area contributed by atoms with Gasteiger partial charge in [-0.15, -0.1) is 0 Å². The molecule has 0 bridgehead atoms. The van der Waals surface area contributed by atoms with Gasteiger partial charge in [0.1, 0.15) is 0 Å². The average molecular weight is 277 g/mol. The minimum Gasteiger partial charge on any atom is -0.416 e. The van der Waals surface area contributed by atoms with Gasteiger partial charge in [-0.25, -0.2) is 0 Å². The van der Waals surface area contributed by atoms with Gasteiger partial charge in [-0.2, -0.15) is 0 Å². The standard InChI is InChI=1S/C13H32O2Si2/c1-12(2,3)14-16(7)10-11-17(8,9)15-13(4,5)6/h16H,10-11H2,1-9H3. The van der Waals surface area contributed by atoms with E-state index in [4.69, 9.17) is 8.85 Å². The van der Waals surface area contributed by atoms with Crippen molar-refractivity contribution < 1.29 is 8.85 Å². The summed E-state index contributed by atoms with van der Waals surface area (Å²) in [6, 6.07) is 2.44. The molecule has 1 unspecified atom stereocenters. The highest BCUT2D eigenvalue weighted by molar-refractivity contribution is 6.72. The van der Waals surface area contributed by atoms with Crippen molar-refractivity contribution in [3.63, 3.8) is 0 Å². The largest absolute Gasteiger partial charge is 0.416 e. The van der Waals surface area contributed by atoms with Gasteiger partial charge < -0.3 is 8.85 Å². The molecular formula is C13H32O2Si2. The van der Waals surface area contributed by atoms with Crippen molar-refractivity contribution in [1.82, 2.24) is 0 Å². The highest BCUT2D eigenvalue weighted by atomic mass is 28.4. The minimum absolute atomic E-state index is 0.00853. The van der Waals surface area contributed by atoms with Crippen LogP contribution in [0.3, 0.4) is 0 Å². The lowest BCUT2D eigenvalue weighted by Crippen LogP contribution is -2.40. The van der Waals surface area contributed by atoms with E-state index in [1.165, 1.54) is 12.1 Å². The van der Waals surface area contributed by atoms with Crippen LogP contribution in [-0.2, 0) is 8.85 Å². The van der Waals surface area contributed by atoms with Gasteiger partial charge in [0.15, 0.2) is 17.4 Å². The molecule has 17 heavy (non-hydrogen) atoms. The second-order valence-corrected chi connectivity index (χ2v) is 14.2. The molecule has 0 spiro atoms. The monoisotopic (exact) mass is 276 g/mol. The molecule has 0 saturated heterocycles. The Morgan fingerprint density at radius 2 is 1.41 bits per heavy atom. The summed E-state index contributed by atoms with van der Waals surface area (Å²) < 4.78 is 12.3. The van der Waals surface area contributed by atoms with E-state index >= 15 is 0 Å². The van der Waals surface area contributed by atoms with Crippen molar-refractivity contribution >= 4 is 17.4 Å². The summed E-state index contributed by atoms with van der Waals surface area (Å²) in [5.41, 5.74) is 0.00756. The lowest BCUT2D eigenvalue weighted by atomic mass is 10.2. The van der Waals surface area contributed by atoms with Crippen molar-refractivity contribution in [2.75, 3.05) is 0 Å². The first kappa shape index (κ1) is 17.4. The molecule has 0 aromatic heterocycles. The zero-order valence-corrected chi connectivity index (χ0v) is 15.5. The maximum Gasteiger partial charge on any atom is 0.187 e. The van der Waals surface area contributed by atoms with Gasteiger partial charge in [-0.1, -0.05) is 0 Å². The summed E-state index contributed by atoms with van der Waals surface area (Å²) in [5, 5.41) is 0. The average Bonchev–Trinajstić information content (AvgIpc) is 1.92. The molecule has 0 aromatic rings. The van der Waals surface area contributed by atoms with E-state index in [1.54, 1.807) is 0 Å². The molecule has 0 saturated carbocycles. The van der Waals surface area contributed by atoms with Crippen molar-refractivity contribution in [2.45, 2.75) is 84.5 Å². The van der Waals surface area contributed by atoms with Crippen molar-refractivity contribution in [3.05, 3.63) is 0 Å². The third kappa shape index (κ3) is 11.2. The first-order chi connectivity index (χ1) is 7.31. The molecular weight excluding hydrogens is 244 g/mol. The Kier molecular flexibility index (Phi) is 6.12. The SMILES string of the molecule is C[SiH](CC[Si](C)(C)OC(C)(C)C)OC(C)(C)C. The Hall–Kier alpha value is 0.354. The molecule has 0 aliphatic heterocycles. The highest BCUT2D eigenvalue weighted by Gasteiger charge is 2.29. The molecule has 0 heterocycles. The molecule has 1 atom stereocenters. The Morgan fingerprint density at radius 3 is 1.76 bits per heavy atom. The maximum absolute atomic E-state index is 6.21. The fourth-order valence-electron chi connectivity index (χ4n) is 2.09. The van der Waals surface area contributed by atoms with Crippen molar-refractivity contribution in [3.8, 4) is 0 Å². The van der Waals surface area contributed by atoms with Gasteiger partial charge in [-0.05, 0) is 73.3 Å². The smallest absolute Gasteiger partial charge is 0.187 e. The van der Waals surface area contributed by atoms with Gasteiger partial charge in [-0.3, -0.25) is 0 Å². The van der Waals surface area contributed by atoms with E-state index in [9.17, 15) is 0 Å². The Labute approximate surface area is 111 Å². The van der Waals surface area contributed by atoms with E-state index in [0.717, 1.165) is 0 Å². The fourth-order valence-corrected chi connectivity index (χ4v) is 9.58. The summed E-state index contributed by atoms with van der Waals surface area (Å²) in [6.45, 7) is 19.8. The first-order valence-electron chi connectivity index (χ1n) is 6.69. The van der Waals surface area contributed by atoms with Gasteiger partial charge in [0.05, 0.1) is 0 Å². The molecule has 0 rings (SSSR count). The third-order valence-corrected chi connectivity index (χ3v) is 7.74. The Balaban J connectivity index is 4.10. The van der Waals surface area contributed by atoms with Crippen molar-refractivity contribution in [2.24, 2.45) is 0 Å². The van der Waals surface area contributed by atoms with E-state index < -0.39 is 17.4 Å². The molecule has 2 nitrogen and oxygen atoms in total. The predicted molar refractivity (Wildman–Crippen MR) is 81.8 cm³/mol. The molecule has 0 N–H and O–H groups in total. The lowest BCUT2D eigenvalue weighted by molar-refractivity contribution is 0.118. The molecule has 0 fully saturated rings.